The number of methoxy groups -OCH3 is 1. The fourth-order valence-electron chi connectivity index (χ4n) is 1.79. The summed E-state index contributed by atoms with van der Waals surface area (Å²) in [6.07, 6.45) is 0. The van der Waals surface area contributed by atoms with Gasteiger partial charge in [-0.25, -0.2) is 0 Å². The SMILES string of the molecule is COc1cc(NC(=O)c2ccc(N)c(C)c2)c(Br)cc1Br. The molecule has 0 aromatic heterocycles. The van der Waals surface area contributed by atoms with E-state index in [2.05, 4.69) is 37.2 Å². The van der Waals surface area contributed by atoms with E-state index in [1.165, 1.54) is 0 Å². The molecule has 0 aliphatic carbocycles. The van der Waals surface area contributed by atoms with Gasteiger partial charge in [-0.2, -0.15) is 0 Å². The molecule has 4 nitrogen and oxygen atoms in total. The molecule has 110 valence electrons. The van der Waals surface area contributed by atoms with Crippen LogP contribution in [-0.4, -0.2) is 13.0 Å². The fraction of sp³-hybridized carbons (Fsp3) is 0.133. The van der Waals surface area contributed by atoms with Crippen LogP contribution in [0.1, 0.15) is 15.9 Å². The molecule has 0 fully saturated rings. The number of carbonyl (C=O) groups is 1. The molecule has 0 heterocycles. The van der Waals surface area contributed by atoms with Gasteiger partial charge in [-0.15, -0.1) is 0 Å². The van der Waals surface area contributed by atoms with Crippen molar-refractivity contribution in [2.24, 2.45) is 0 Å². The molecule has 2 aromatic rings. The lowest BCUT2D eigenvalue weighted by Crippen LogP contribution is -2.13. The van der Waals surface area contributed by atoms with E-state index in [9.17, 15) is 4.79 Å². The molecule has 0 saturated heterocycles. The Bertz CT molecular complexity index is 702. The summed E-state index contributed by atoms with van der Waals surface area (Å²) < 4.78 is 6.79. The van der Waals surface area contributed by atoms with E-state index >= 15 is 0 Å². The highest BCUT2D eigenvalue weighted by Crippen LogP contribution is 2.34. The van der Waals surface area contributed by atoms with Crippen molar-refractivity contribution in [1.82, 2.24) is 0 Å². The van der Waals surface area contributed by atoms with Gasteiger partial charge < -0.3 is 15.8 Å². The fourth-order valence-corrected chi connectivity index (χ4v) is 3.05. The first-order chi connectivity index (χ1) is 9.92. The predicted octanol–water partition coefficient (Wildman–Crippen LogP) is 4.36. The van der Waals surface area contributed by atoms with Crippen LogP contribution in [0.4, 0.5) is 11.4 Å². The Hall–Kier alpha value is -1.53. The Morgan fingerprint density at radius 3 is 2.52 bits per heavy atom. The second-order valence-corrected chi connectivity index (χ2v) is 6.20. The van der Waals surface area contributed by atoms with Crippen molar-refractivity contribution in [1.29, 1.82) is 0 Å². The highest BCUT2D eigenvalue weighted by molar-refractivity contribution is 9.11. The first kappa shape index (κ1) is 15.9. The second kappa shape index (κ2) is 6.49. The van der Waals surface area contributed by atoms with E-state index < -0.39 is 0 Å². The van der Waals surface area contributed by atoms with Gasteiger partial charge in [0.25, 0.3) is 5.91 Å². The van der Waals surface area contributed by atoms with Crippen LogP contribution < -0.4 is 15.8 Å². The predicted molar refractivity (Wildman–Crippen MR) is 91.9 cm³/mol. The second-order valence-electron chi connectivity index (χ2n) is 4.49. The number of carbonyl (C=O) groups excluding carboxylic acids is 1. The van der Waals surface area contributed by atoms with Crippen molar-refractivity contribution in [3.05, 3.63) is 50.4 Å². The zero-order chi connectivity index (χ0) is 15.6. The maximum atomic E-state index is 12.3. The Kier molecular flexibility index (Phi) is 4.90. The van der Waals surface area contributed by atoms with Crippen LogP contribution in [0.25, 0.3) is 0 Å². The first-order valence-corrected chi connectivity index (χ1v) is 7.71. The molecular weight excluding hydrogens is 400 g/mol. The molecule has 0 radical (unpaired) electrons. The summed E-state index contributed by atoms with van der Waals surface area (Å²) in [7, 11) is 1.57. The van der Waals surface area contributed by atoms with Crippen molar-refractivity contribution in [3.63, 3.8) is 0 Å². The number of anilines is 2. The number of nitrogens with two attached hydrogens (primary N) is 1. The molecule has 21 heavy (non-hydrogen) atoms. The van der Waals surface area contributed by atoms with Crippen LogP contribution in [0.3, 0.4) is 0 Å². The summed E-state index contributed by atoms with van der Waals surface area (Å²) in [6, 6.07) is 8.75. The minimum Gasteiger partial charge on any atom is -0.495 e. The molecule has 0 unspecified atom stereocenters. The standard InChI is InChI=1S/C15H14Br2N2O2/c1-8-5-9(3-4-12(8)18)15(20)19-13-7-14(21-2)11(17)6-10(13)16/h3-7H,18H2,1-2H3,(H,19,20). The summed E-state index contributed by atoms with van der Waals surface area (Å²) in [6.45, 7) is 1.87. The van der Waals surface area contributed by atoms with Gasteiger partial charge in [0.2, 0.25) is 0 Å². The van der Waals surface area contributed by atoms with Crippen molar-refractivity contribution in [2.45, 2.75) is 6.92 Å². The van der Waals surface area contributed by atoms with Crippen LogP contribution in [-0.2, 0) is 0 Å². The monoisotopic (exact) mass is 412 g/mol. The third-order valence-electron chi connectivity index (χ3n) is 3.02. The Morgan fingerprint density at radius 1 is 1.19 bits per heavy atom. The van der Waals surface area contributed by atoms with E-state index in [0.29, 0.717) is 22.7 Å². The van der Waals surface area contributed by atoms with E-state index in [4.69, 9.17) is 10.5 Å². The van der Waals surface area contributed by atoms with Gasteiger partial charge in [0.1, 0.15) is 5.75 Å². The van der Waals surface area contributed by atoms with E-state index in [1.54, 1.807) is 31.4 Å². The molecule has 0 atom stereocenters. The van der Waals surface area contributed by atoms with Crippen molar-refractivity contribution in [3.8, 4) is 5.75 Å². The van der Waals surface area contributed by atoms with Gasteiger partial charge in [-0.1, -0.05) is 0 Å². The number of hydrogen-bond acceptors (Lipinski definition) is 3. The van der Waals surface area contributed by atoms with Gasteiger partial charge >= 0.3 is 0 Å². The van der Waals surface area contributed by atoms with Gasteiger partial charge in [-0.05, 0) is 68.6 Å². The molecule has 2 aromatic carbocycles. The van der Waals surface area contributed by atoms with Crippen molar-refractivity contribution < 1.29 is 9.53 Å². The lowest BCUT2D eigenvalue weighted by molar-refractivity contribution is 0.102. The highest BCUT2D eigenvalue weighted by atomic mass is 79.9. The zero-order valence-corrected chi connectivity index (χ0v) is 14.7. The number of rotatable bonds is 3. The lowest BCUT2D eigenvalue weighted by atomic mass is 10.1. The third kappa shape index (κ3) is 3.57. The molecule has 0 aliphatic rings. The lowest BCUT2D eigenvalue weighted by Gasteiger charge is -2.11. The molecule has 6 heteroatoms. The van der Waals surface area contributed by atoms with Crippen LogP contribution in [0.2, 0.25) is 0 Å². The number of nitrogen functional groups attached to an aromatic ring is 1. The highest BCUT2D eigenvalue weighted by Gasteiger charge is 2.12. The molecule has 0 spiro atoms. The average molecular weight is 414 g/mol. The molecule has 0 saturated carbocycles. The van der Waals surface area contributed by atoms with E-state index in [1.807, 2.05) is 13.0 Å². The molecule has 0 bridgehead atoms. The number of halogens is 2. The van der Waals surface area contributed by atoms with Gasteiger partial charge in [0.05, 0.1) is 17.3 Å². The third-order valence-corrected chi connectivity index (χ3v) is 4.30. The molecule has 3 N–H and O–H groups in total. The number of ether oxygens (including phenoxy) is 1. The maximum Gasteiger partial charge on any atom is 0.255 e. The number of benzene rings is 2. The van der Waals surface area contributed by atoms with Crippen LogP contribution >= 0.6 is 31.9 Å². The van der Waals surface area contributed by atoms with Crippen molar-refractivity contribution >= 4 is 49.1 Å². The minimum atomic E-state index is -0.205. The largest absolute Gasteiger partial charge is 0.495 e. The van der Waals surface area contributed by atoms with E-state index in [-0.39, 0.29) is 5.91 Å². The Balaban J connectivity index is 2.29. The van der Waals surface area contributed by atoms with Crippen LogP contribution in [0, 0.1) is 6.92 Å². The number of amides is 1. The molecular formula is C15H14Br2N2O2. The molecule has 0 aliphatic heterocycles. The van der Waals surface area contributed by atoms with Gasteiger partial charge in [0, 0.05) is 21.8 Å². The molecule has 1 amide bonds. The maximum absolute atomic E-state index is 12.3. The number of hydrogen-bond donors (Lipinski definition) is 2. The number of aryl methyl sites for hydroxylation is 1. The summed E-state index contributed by atoms with van der Waals surface area (Å²) in [5.74, 6) is 0.435. The smallest absolute Gasteiger partial charge is 0.255 e. The van der Waals surface area contributed by atoms with E-state index in [0.717, 1.165) is 14.5 Å². The van der Waals surface area contributed by atoms with Gasteiger partial charge in [-0.3, -0.25) is 4.79 Å². The van der Waals surface area contributed by atoms with Crippen molar-refractivity contribution in [2.75, 3.05) is 18.2 Å². The quantitative estimate of drug-likeness (QED) is 0.734. The summed E-state index contributed by atoms with van der Waals surface area (Å²) in [5.41, 5.74) is 8.48. The minimum absolute atomic E-state index is 0.205. The van der Waals surface area contributed by atoms with Gasteiger partial charge in [0.15, 0.2) is 0 Å². The number of nitrogens with one attached hydrogen (secondary N) is 1. The Morgan fingerprint density at radius 2 is 1.90 bits per heavy atom. The topological polar surface area (TPSA) is 64.3 Å². The Labute approximate surface area is 139 Å². The van der Waals surface area contributed by atoms with Crippen LogP contribution in [0.15, 0.2) is 39.3 Å². The summed E-state index contributed by atoms with van der Waals surface area (Å²) >= 11 is 6.81. The normalized spacial score (nSPS) is 10.3. The first-order valence-electron chi connectivity index (χ1n) is 6.13. The molecule has 2 rings (SSSR count). The van der Waals surface area contributed by atoms with Crippen LogP contribution in [0.5, 0.6) is 5.75 Å². The summed E-state index contributed by atoms with van der Waals surface area (Å²) in [4.78, 5) is 12.3. The zero-order valence-electron chi connectivity index (χ0n) is 11.5. The average Bonchev–Trinajstić information content (AvgIpc) is 2.44. The summed E-state index contributed by atoms with van der Waals surface area (Å²) in [5, 5.41) is 2.85.